The van der Waals surface area contributed by atoms with Crippen LogP contribution in [0.25, 0.3) is 0 Å². The fourth-order valence-corrected chi connectivity index (χ4v) is 1.62. The van der Waals surface area contributed by atoms with E-state index in [9.17, 15) is 9.90 Å². The number of benzene rings is 2. The van der Waals surface area contributed by atoms with Crippen LogP contribution in [0, 0.1) is 18.3 Å². The Bertz CT molecular complexity index is 672. The van der Waals surface area contributed by atoms with Crippen LogP contribution in [0.1, 0.15) is 21.5 Å². The fourth-order valence-electron chi connectivity index (χ4n) is 1.62. The number of hydrogen-bond donors (Lipinski definition) is 2. The molecule has 2 N–H and O–H groups in total. The van der Waals surface area contributed by atoms with Crippen molar-refractivity contribution in [3.63, 3.8) is 0 Å². The van der Waals surface area contributed by atoms with Crippen LogP contribution in [0.2, 0.25) is 0 Å². The number of carbonyl (C=O) groups is 1. The SMILES string of the molecule is Cc1ccc(C(=O)Nc2cccc(C#N)c2)cc1O. The molecule has 19 heavy (non-hydrogen) atoms. The van der Waals surface area contributed by atoms with E-state index in [2.05, 4.69) is 5.32 Å². The third kappa shape index (κ3) is 2.90. The molecule has 94 valence electrons. The highest BCUT2D eigenvalue weighted by molar-refractivity contribution is 6.04. The maximum absolute atomic E-state index is 12.0. The first-order valence-electron chi connectivity index (χ1n) is 5.71. The number of nitriles is 1. The zero-order chi connectivity index (χ0) is 13.8. The van der Waals surface area contributed by atoms with Crippen LogP contribution in [-0.4, -0.2) is 11.0 Å². The van der Waals surface area contributed by atoms with Crippen molar-refractivity contribution < 1.29 is 9.90 Å². The van der Waals surface area contributed by atoms with E-state index in [1.54, 1.807) is 43.3 Å². The number of hydrogen-bond acceptors (Lipinski definition) is 3. The van der Waals surface area contributed by atoms with Crippen molar-refractivity contribution in [1.29, 1.82) is 5.26 Å². The van der Waals surface area contributed by atoms with E-state index in [4.69, 9.17) is 5.26 Å². The van der Waals surface area contributed by atoms with Crippen LogP contribution in [0.3, 0.4) is 0 Å². The highest BCUT2D eigenvalue weighted by Gasteiger charge is 2.08. The van der Waals surface area contributed by atoms with Gasteiger partial charge in [0.15, 0.2) is 0 Å². The number of amides is 1. The minimum Gasteiger partial charge on any atom is -0.508 e. The standard InChI is InChI=1S/C15H12N2O2/c1-10-5-6-12(8-14(10)18)15(19)17-13-4-2-3-11(7-13)9-16/h2-8,18H,1H3,(H,17,19). The van der Waals surface area contributed by atoms with Gasteiger partial charge in [-0.25, -0.2) is 0 Å². The van der Waals surface area contributed by atoms with Gasteiger partial charge in [-0.3, -0.25) is 4.79 Å². The number of nitrogens with zero attached hydrogens (tertiary/aromatic N) is 1. The zero-order valence-corrected chi connectivity index (χ0v) is 10.3. The summed E-state index contributed by atoms with van der Waals surface area (Å²) in [7, 11) is 0. The highest BCUT2D eigenvalue weighted by Crippen LogP contribution is 2.18. The Kier molecular flexibility index (Phi) is 3.48. The molecular weight excluding hydrogens is 240 g/mol. The first-order chi connectivity index (χ1) is 9.10. The fraction of sp³-hybridized carbons (Fsp3) is 0.0667. The van der Waals surface area contributed by atoms with Crippen molar-refractivity contribution in [3.05, 3.63) is 59.2 Å². The molecule has 0 aliphatic heterocycles. The molecule has 0 saturated carbocycles. The Labute approximate surface area is 110 Å². The second-order valence-corrected chi connectivity index (χ2v) is 4.15. The van der Waals surface area contributed by atoms with E-state index in [-0.39, 0.29) is 11.7 Å². The Balaban J connectivity index is 2.21. The second-order valence-electron chi connectivity index (χ2n) is 4.15. The van der Waals surface area contributed by atoms with Gasteiger partial charge in [0.2, 0.25) is 0 Å². The van der Waals surface area contributed by atoms with Crippen LogP contribution in [0.5, 0.6) is 5.75 Å². The molecule has 4 heteroatoms. The summed E-state index contributed by atoms with van der Waals surface area (Å²) in [6.45, 7) is 1.76. The molecule has 4 nitrogen and oxygen atoms in total. The number of phenols is 1. The average Bonchev–Trinajstić information content (AvgIpc) is 2.42. The predicted molar refractivity (Wildman–Crippen MR) is 72.0 cm³/mol. The lowest BCUT2D eigenvalue weighted by molar-refractivity contribution is 0.102. The maximum Gasteiger partial charge on any atom is 0.255 e. The third-order valence-electron chi connectivity index (χ3n) is 2.72. The third-order valence-corrected chi connectivity index (χ3v) is 2.72. The van der Waals surface area contributed by atoms with Crippen molar-refractivity contribution in [1.82, 2.24) is 0 Å². The molecule has 0 aliphatic carbocycles. The maximum atomic E-state index is 12.0. The number of aryl methyl sites for hydroxylation is 1. The van der Waals surface area contributed by atoms with Gasteiger partial charge in [-0.1, -0.05) is 12.1 Å². The summed E-state index contributed by atoms with van der Waals surface area (Å²) in [6, 6.07) is 13.4. The highest BCUT2D eigenvalue weighted by atomic mass is 16.3. The quantitative estimate of drug-likeness (QED) is 0.863. The van der Waals surface area contributed by atoms with Gasteiger partial charge in [0.25, 0.3) is 5.91 Å². The molecule has 0 unspecified atom stereocenters. The van der Waals surface area contributed by atoms with E-state index < -0.39 is 0 Å². The van der Waals surface area contributed by atoms with E-state index in [1.165, 1.54) is 6.07 Å². The number of carbonyl (C=O) groups excluding carboxylic acids is 1. The van der Waals surface area contributed by atoms with Gasteiger partial charge in [0, 0.05) is 11.3 Å². The topological polar surface area (TPSA) is 73.1 Å². The summed E-state index contributed by atoms with van der Waals surface area (Å²) < 4.78 is 0. The molecule has 1 amide bonds. The molecule has 0 aliphatic rings. The van der Waals surface area contributed by atoms with Gasteiger partial charge in [0.05, 0.1) is 11.6 Å². The molecule has 0 atom stereocenters. The average molecular weight is 252 g/mol. The van der Waals surface area contributed by atoms with E-state index in [1.807, 2.05) is 6.07 Å². The van der Waals surface area contributed by atoms with Crippen molar-refractivity contribution in [3.8, 4) is 11.8 Å². The minimum absolute atomic E-state index is 0.0819. The van der Waals surface area contributed by atoms with Gasteiger partial charge in [-0.2, -0.15) is 5.26 Å². The molecule has 0 fully saturated rings. The largest absolute Gasteiger partial charge is 0.508 e. The zero-order valence-electron chi connectivity index (χ0n) is 10.3. The Morgan fingerprint density at radius 2 is 2.05 bits per heavy atom. The minimum atomic E-state index is -0.328. The Morgan fingerprint density at radius 3 is 2.74 bits per heavy atom. The van der Waals surface area contributed by atoms with Crippen LogP contribution in [-0.2, 0) is 0 Å². The molecule has 2 rings (SSSR count). The van der Waals surface area contributed by atoms with Crippen molar-refractivity contribution in [2.24, 2.45) is 0 Å². The van der Waals surface area contributed by atoms with Crippen LogP contribution in [0.4, 0.5) is 5.69 Å². The van der Waals surface area contributed by atoms with Crippen LogP contribution in [0.15, 0.2) is 42.5 Å². The summed E-state index contributed by atoms with van der Waals surface area (Å²) in [5.41, 5.74) is 2.10. The number of nitrogens with one attached hydrogen (secondary N) is 1. The van der Waals surface area contributed by atoms with E-state index in [0.717, 1.165) is 0 Å². The molecular formula is C15H12N2O2. The van der Waals surface area contributed by atoms with E-state index in [0.29, 0.717) is 22.4 Å². The smallest absolute Gasteiger partial charge is 0.255 e. The summed E-state index contributed by atoms with van der Waals surface area (Å²) in [4.78, 5) is 12.0. The molecule has 0 radical (unpaired) electrons. The second kappa shape index (κ2) is 5.23. The lowest BCUT2D eigenvalue weighted by Gasteiger charge is -2.06. The van der Waals surface area contributed by atoms with Gasteiger partial charge in [-0.05, 0) is 42.8 Å². The van der Waals surface area contributed by atoms with Crippen molar-refractivity contribution in [2.75, 3.05) is 5.32 Å². The predicted octanol–water partition coefficient (Wildman–Crippen LogP) is 2.82. The van der Waals surface area contributed by atoms with E-state index >= 15 is 0 Å². The number of rotatable bonds is 2. The summed E-state index contributed by atoms with van der Waals surface area (Å²) in [5, 5.41) is 21.0. The van der Waals surface area contributed by atoms with Crippen molar-refractivity contribution >= 4 is 11.6 Å². The summed E-state index contributed by atoms with van der Waals surface area (Å²) >= 11 is 0. The summed E-state index contributed by atoms with van der Waals surface area (Å²) in [5.74, 6) is -0.246. The molecule has 2 aromatic rings. The van der Waals surface area contributed by atoms with Crippen LogP contribution >= 0.6 is 0 Å². The molecule has 0 heterocycles. The number of phenolic OH excluding ortho intramolecular Hbond substituents is 1. The Hall–Kier alpha value is -2.80. The number of anilines is 1. The Morgan fingerprint density at radius 1 is 1.26 bits per heavy atom. The lowest BCUT2D eigenvalue weighted by atomic mass is 10.1. The van der Waals surface area contributed by atoms with Crippen LogP contribution < -0.4 is 5.32 Å². The first-order valence-corrected chi connectivity index (χ1v) is 5.71. The van der Waals surface area contributed by atoms with Gasteiger partial charge >= 0.3 is 0 Å². The molecule has 2 aromatic carbocycles. The molecule has 0 bridgehead atoms. The van der Waals surface area contributed by atoms with Gasteiger partial charge in [-0.15, -0.1) is 0 Å². The normalized spacial score (nSPS) is 9.68. The lowest BCUT2D eigenvalue weighted by Crippen LogP contribution is -2.11. The summed E-state index contributed by atoms with van der Waals surface area (Å²) in [6.07, 6.45) is 0. The monoisotopic (exact) mass is 252 g/mol. The number of aromatic hydroxyl groups is 1. The van der Waals surface area contributed by atoms with Gasteiger partial charge < -0.3 is 10.4 Å². The molecule has 0 saturated heterocycles. The first kappa shape index (κ1) is 12.7. The van der Waals surface area contributed by atoms with Crippen molar-refractivity contribution in [2.45, 2.75) is 6.92 Å². The van der Waals surface area contributed by atoms with Gasteiger partial charge in [0.1, 0.15) is 5.75 Å². The molecule has 0 spiro atoms. The molecule has 0 aromatic heterocycles.